The second-order valence-corrected chi connectivity index (χ2v) is 9.59. The third-order valence-corrected chi connectivity index (χ3v) is 7.70. The average Bonchev–Trinajstić information content (AvgIpc) is 3.60. The molecule has 6 atom stereocenters. The van der Waals surface area contributed by atoms with E-state index in [1.165, 1.54) is 21.3 Å². The van der Waals surface area contributed by atoms with Crippen LogP contribution in [0.1, 0.15) is 33.1 Å². The summed E-state index contributed by atoms with van der Waals surface area (Å²) in [5.74, 6) is -2.10. The van der Waals surface area contributed by atoms with Crippen LogP contribution < -0.4 is 0 Å². The molecule has 0 aromatic carbocycles. The van der Waals surface area contributed by atoms with E-state index in [1.54, 1.807) is 0 Å². The van der Waals surface area contributed by atoms with Gasteiger partial charge < -0.3 is 38.3 Å². The third kappa shape index (κ3) is 5.66. The second kappa shape index (κ2) is 12.3. The van der Waals surface area contributed by atoms with E-state index < -0.39 is 23.6 Å². The van der Waals surface area contributed by atoms with Crippen LogP contribution in [-0.2, 0) is 42.7 Å². The Labute approximate surface area is 207 Å². The van der Waals surface area contributed by atoms with Gasteiger partial charge in [0.1, 0.15) is 0 Å². The molecule has 3 aliphatic rings. The molecular formula is C24H41NO10. The Bertz CT molecular complexity index is 710. The lowest BCUT2D eigenvalue weighted by Crippen LogP contribution is -2.65. The van der Waals surface area contributed by atoms with Gasteiger partial charge in [0.25, 0.3) is 0 Å². The van der Waals surface area contributed by atoms with Crippen molar-refractivity contribution in [2.45, 2.75) is 56.9 Å². The van der Waals surface area contributed by atoms with E-state index in [2.05, 4.69) is 0 Å². The molecule has 11 heteroatoms. The summed E-state index contributed by atoms with van der Waals surface area (Å²) in [4.78, 5) is 26.6. The van der Waals surface area contributed by atoms with Crippen LogP contribution in [0.2, 0.25) is 0 Å². The predicted molar refractivity (Wildman–Crippen MR) is 122 cm³/mol. The van der Waals surface area contributed by atoms with Crippen LogP contribution in [0.3, 0.4) is 0 Å². The third-order valence-electron chi connectivity index (χ3n) is 7.70. The van der Waals surface area contributed by atoms with Gasteiger partial charge in [0, 0.05) is 53.4 Å². The first-order valence-corrected chi connectivity index (χ1v) is 12.4. The lowest BCUT2D eigenvalue weighted by Gasteiger charge is -2.49. The van der Waals surface area contributed by atoms with Crippen molar-refractivity contribution < 1.29 is 47.9 Å². The van der Waals surface area contributed by atoms with Crippen LogP contribution in [0, 0.1) is 17.8 Å². The summed E-state index contributed by atoms with van der Waals surface area (Å²) >= 11 is 0. The van der Waals surface area contributed by atoms with Crippen molar-refractivity contribution in [1.29, 1.82) is 0 Å². The first-order valence-electron chi connectivity index (χ1n) is 12.4. The molecule has 0 bridgehead atoms. The molecule has 3 rings (SSSR count). The van der Waals surface area contributed by atoms with Crippen molar-refractivity contribution in [3.05, 3.63) is 0 Å². The number of morpholine rings is 1. The lowest BCUT2D eigenvalue weighted by atomic mass is 9.65. The molecule has 202 valence electrons. The van der Waals surface area contributed by atoms with Crippen molar-refractivity contribution in [2.75, 3.05) is 67.4 Å². The lowest BCUT2D eigenvalue weighted by molar-refractivity contribution is -0.327. The highest BCUT2D eigenvalue weighted by atomic mass is 16.8. The molecule has 0 amide bonds. The molecule has 2 heterocycles. The Morgan fingerprint density at radius 2 is 1.83 bits per heavy atom. The number of fused-ring (bicyclic) bond motifs is 1. The van der Waals surface area contributed by atoms with E-state index in [0.29, 0.717) is 39.1 Å². The van der Waals surface area contributed by atoms with Crippen LogP contribution in [0.4, 0.5) is 0 Å². The van der Waals surface area contributed by atoms with Crippen LogP contribution >= 0.6 is 0 Å². The van der Waals surface area contributed by atoms with Crippen LogP contribution in [-0.4, -0.2) is 113 Å². The van der Waals surface area contributed by atoms with Crippen molar-refractivity contribution in [3.63, 3.8) is 0 Å². The Morgan fingerprint density at radius 1 is 1.14 bits per heavy atom. The molecule has 3 unspecified atom stereocenters. The van der Waals surface area contributed by atoms with Gasteiger partial charge in [-0.05, 0) is 24.7 Å². The molecular weight excluding hydrogens is 462 g/mol. The van der Waals surface area contributed by atoms with E-state index in [4.69, 9.17) is 33.2 Å². The van der Waals surface area contributed by atoms with E-state index >= 15 is 0 Å². The fourth-order valence-corrected chi connectivity index (χ4v) is 5.71. The van der Waals surface area contributed by atoms with E-state index in [-0.39, 0.29) is 56.0 Å². The van der Waals surface area contributed by atoms with Crippen molar-refractivity contribution >= 4 is 11.9 Å². The summed E-state index contributed by atoms with van der Waals surface area (Å²) in [6, 6.07) is 0. The number of hydrogen-bond acceptors (Lipinski definition) is 11. The molecule has 2 aliphatic heterocycles. The fraction of sp³-hybridized carbons (Fsp3) is 0.917. The standard InChI is InChI=1S/C24H41NO10/c1-16(15-26)18-13-19-23(35-19,24(30-4,31-5)17(18)2)22(29-3)34-20(27)7-6-10-33-21(28)14-25-8-11-32-12-9-25/h16-19,22,26H,6-15H2,1-5H3/t16?,17?,18-,19-,22?,23+/m0/s1. The largest absolute Gasteiger partial charge is 0.465 e. The fourth-order valence-electron chi connectivity index (χ4n) is 5.71. The molecule has 1 saturated carbocycles. The second-order valence-electron chi connectivity index (χ2n) is 9.59. The number of carbonyl (C=O) groups is 2. The van der Waals surface area contributed by atoms with E-state index in [0.717, 1.165) is 0 Å². The van der Waals surface area contributed by atoms with Gasteiger partial charge in [-0.3, -0.25) is 14.5 Å². The molecule has 0 aromatic heterocycles. The number of carbonyl (C=O) groups excluding carboxylic acids is 2. The van der Waals surface area contributed by atoms with Gasteiger partial charge in [0.2, 0.25) is 17.7 Å². The number of ether oxygens (including phenoxy) is 7. The van der Waals surface area contributed by atoms with Crippen LogP contribution in [0.15, 0.2) is 0 Å². The maximum absolute atomic E-state index is 12.6. The van der Waals surface area contributed by atoms with Crippen molar-refractivity contribution in [2.24, 2.45) is 17.8 Å². The zero-order chi connectivity index (χ0) is 25.6. The average molecular weight is 504 g/mol. The normalized spacial score (nSPS) is 31.8. The number of esters is 2. The Kier molecular flexibility index (Phi) is 9.90. The zero-order valence-electron chi connectivity index (χ0n) is 21.5. The molecule has 3 fully saturated rings. The molecule has 1 aliphatic carbocycles. The smallest absolute Gasteiger partial charge is 0.320 e. The molecule has 0 aromatic rings. The minimum absolute atomic E-state index is 0.0198. The maximum Gasteiger partial charge on any atom is 0.320 e. The predicted octanol–water partition coefficient (Wildman–Crippen LogP) is 0.569. The Morgan fingerprint density at radius 3 is 2.43 bits per heavy atom. The van der Waals surface area contributed by atoms with Gasteiger partial charge >= 0.3 is 11.9 Å². The van der Waals surface area contributed by atoms with E-state index in [1.807, 2.05) is 18.7 Å². The molecule has 35 heavy (non-hydrogen) atoms. The topological polar surface area (TPSA) is 126 Å². The van der Waals surface area contributed by atoms with Crippen LogP contribution in [0.25, 0.3) is 0 Å². The van der Waals surface area contributed by atoms with Gasteiger partial charge in [-0.25, -0.2) is 0 Å². The molecule has 2 saturated heterocycles. The zero-order valence-corrected chi connectivity index (χ0v) is 21.5. The number of aliphatic hydroxyl groups excluding tert-OH is 1. The number of rotatable bonds is 13. The van der Waals surface area contributed by atoms with Crippen LogP contribution in [0.5, 0.6) is 0 Å². The Hall–Kier alpha value is -1.34. The van der Waals surface area contributed by atoms with Gasteiger partial charge in [-0.2, -0.15) is 0 Å². The molecule has 0 spiro atoms. The summed E-state index contributed by atoms with van der Waals surface area (Å²) < 4.78 is 39.7. The summed E-state index contributed by atoms with van der Waals surface area (Å²) in [7, 11) is 4.51. The summed E-state index contributed by atoms with van der Waals surface area (Å²) in [5.41, 5.74) is -1.11. The number of nitrogens with zero attached hydrogens (tertiary/aromatic N) is 1. The number of methoxy groups -OCH3 is 3. The van der Waals surface area contributed by atoms with Gasteiger partial charge in [0.05, 0.1) is 32.5 Å². The van der Waals surface area contributed by atoms with Gasteiger partial charge in [-0.1, -0.05) is 13.8 Å². The van der Waals surface area contributed by atoms with Gasteiger partial charge in [0.15, 0.2) is 0 Å². The highest BCUT2D eigenvalue weighted by Gasteiger charge is 2.81. The summed E-state index contributed by atoms with van der Waals surface area (Å²) in [5, 5.41) is 9.72. The molecule has 11 nitrogen and oxygen atoms in total. The number of hydrogen-bond donors (Lipinski definition) is 1. The maximum atomic E-state index is 12.6. The van der Waals surface area contributed by atoms with E-state index in [9.17, 15) is 14.7 Å². The quantitative estimate of drug-likeness (QED) is 0.164. The van der Waals surface area contributed by atoms with Gasteiger partial charge in [-0.15, -0.1) is 0 Å². The van der Waals surface area contributed by atoms with Crippen molar-refractivity contribution in [3.8, 4) is 0 Å². The first-order chi connectivity index (χ1) is 16.8. The number of epoxide rings is 1. The van der Waals surface area contributed by atoms with Crippen molar-refractivity contribution in [1.82, 2.24) is 4.90 Å². The molecule has 0 radical (unpaired) electrons. The summed E-state index contributed by atoms with van der Waals surface area (Å²) in [6.07, 6.45) is -0.312. The highest BCUT2D eigenvalue weighted by Crippen LogP contribution is 2.62. The monoisotopic (exact) mass is 503 g/mol. The minimum atomic E-state index is -1.22. The first kappa shape index (κ1) is 28.2. The summed E-state index contributed by atoms with van der Waals surface area (Å²) in [6.45, 7) is 6.97. The molecule has 1 N–H and O–H groups in total. The number of aliphatic hydroxyl groups is 1. The SMILES string of the molecule is COC(OC(=O)CCCOC(=O)CN1CCOCC1)[C@]12O[C@H]1C[C@@H](C(C)CO)C(C)C2(OC)OC. The Balaban J connectivity index is 1.53. The highest BCUT2D eigenvalue weighted by molar-refractivity contribution is 5.72. The minimum Gasteiger partial charge on any atom is -0.465 e.